The smallest absolute Gasteiger partial charge is 0.399 e. The molecule has 1 aliphatic heterocycles. The van der Waals surface area contributed by atoms with E-state index in [4.69, 9.17) is 5.73 Å². The molecular formula is C19H23F3N4O. The lowest BCUT2D eigenvalue weighted by molar-refractivity contribution is -0.141. The van der Waals surface area contributed by atoms with E-state index in [0.717, 1.165) is 30.9 Å². The largest absolute Gasteiger partial charge is 0.435 e. The molecule has 2 N–H and O–H groups in total. The van der Waals surface area contributed by atoms with E-state index in [9.17, 15) is 18.0 Å². The second-order valence-corrected chi connectivity index (χ2v) is 7.03. The van der Waals surface area contributed by atoms with Gasteiger partial charge in [0.15, 0.2) is 5.69 Å². The van der Waals surface area contributed by atoms with Gasteiger partial charge in [0.2, 0.25) is 0 Å². The van der Waals surface area contributed by atoms with E-state index < -0.39 is 17.9 Å². The Kier molecular flexibility index (Phi) is 5.55. The molecule has 8 heteroatoms. The quantitative estimate of drug-likeness (QED) is 0.639. The van der Waals surface area contributed by atoms with Crippen LogP contribution in [0.15, 0.2) is 30.3 Å². The summed E-state index contributed by atoms with van der Waals surface area (Å²) < 4.78 is 39.7. The minimum absolute atomic E-state index is 0.119. The van der Waals surface area contributed by atoms with E-state index >= 15 is 0 Å². The average molecular weight is 380 g/mol. The third kappa shape index (κ3) is 4.50. The van der Waals surface area contributed by atoms with Crippen LogP contribution in [0.3, 0.4) is 0 Å². The van der Waals surface area contributed by atoms with Gasteiger partial charge in [-0.05, 0) is 62.5 Å². The predicted molar refractivity (Wildman–Crippen MR) is 96.2 cm³/mol. The number of piperidine rings is 1. The number of nitrogen functional groups attached to an aromatic ring is 1. The Morgan fingerprint density at radius 3 is 2.56 bits per heavy atom. The van der Waals surface area contributed by atoms with Crippen molar-refractivity contribution in [3.05, 3.63) is 47.3 Å². The SMILES string of the molecule is Cc1cc(C(F)(F)F)nn1CC(C=O)N1CCC(c2cccc(N)c2)CC1. The summed E-state index contributed by atoms with van der Waals surface area (Å²) in [5, 5.41) is 3.63. The summed E-state index contributed by atoms with van der Waals surface area (Å²) >= 11 is 0. The van der Waals surface area contributed by atoms with Crippen molar-refractivity contribution < 1.29 is 18.0 Å². The second kappa shape index (κ2) is 7.72. The van der Waals surface area contributed by atoms with Crippen LogP contribution in [0.4, 0.5) is 18.9 Å². The fourth-order valence-corrected chi connectivity index (χ4v) is 3.63. The highest BCUT2D eigenvalue weighted by atomic mass is 19.4. The molecule has 1 aromatic heterocycles. The van der Waals surface area contributed by atoms with E-state index in [1.807, 2.05) is 23.1 Å². The number of aryl methyl sites for hydroxylation is 1. The van der Waals surface area contributed by atoms with Gasteiger partial charge in [0, 0.05) is 11.4 Å². The number of halogens is 3. The number of likely N-dealkylation sites (tertiary alicyclic amines) is 1. The third-order valence-corrected chi connectivity index (χ3v) is 5.17. The number of rotatable bonds is 5. The van der Waals surface area contributed by atoms with Crippen LogP contribution >= 0.6 is 0 Å². The first-order valence-electron chi connectivity index (χ1n) is 8.94. The van der Waals surface area contributed by atoms with Crippen LogP contribution in [0.5, 0.6) is 0 Å². The van der Waals surface area contributed by atoms with Gasteiger partial charge in [-0.1, -0.05) is 12.1 Å². The highest BCUT2D eigenvalue weighted by Crippen LogP contribution is 2.31. The molecule has 0 saturated carbocycles. The summed E-state index contributed by atoms with van der Waals surface area (Å²) in [6, 6.07) is 8.33. The number of carbonyl (C=O) groups is 1. The maximum atomic E-state index is 12.8. The standard InChI is InChI=1S/C19H23F3N4O/c1-13-9-18(19(20,21)22)24-26(13)11-17(12-27)25-7-5-14(6-8-25)15-3-2-4-16(23)10-15/h2-4,9-10,12,14,17H,5-8,11,23H2,1H3. The number of nitrogens with zero attached hydrogens (tertiary/aromatic N) is 3. The highest BCUT2D eigenvalue weighted by molar-refractivity contribution is 5.57. The molecule has 1 unspecified atom stereocenters. The van der Waals surface area contributed by atoms with Crippen molar-refractivity contribution in [2.24, 2.45) is 0 Å². The Balaban J connectivity index is 1.64. The predicted octanol–water partition coefficient (Wildman–Crippen LogP) is 3.24. The average Bonchev–Trinajstić information content (AvgIpc) is 3.01. The number of hydrogen-bond donors (Lipinski definition) is 1. The number of aldehydes is 1. The van der Waals surface area contributed by atoms with Crippen molar-refractivity contribution in [2.45, 2.75) is 44.4 Å². The van der Waals surface area contributed by atoms with Gasteiger partial charge in [0.25, 0.3) is 0 Å². The Morgan fingerprint density at radius 2 is 2.00 bits per heavy atom. The summed E-state index contributed by atoms with van der Waals surface area (Å²) in [5.41, 5.74) is 7.24. The molecule has 1 atom stereocenters. The molecule has 1 fully saturated rings. The summed E-state index contributed by atoms with van der Waals surface area (Å²) in [6.07, 6.45) is -1.93. The van der Waals surface area contributed by atoms with Gasteiger partial charge in [-0.3, -0.25) is 9.58 Å². The summed E-state index contributed by atoms with van der Waals surface area (Å²) in [6.45, 7) is 3.09. The van der Waals surface area contributed by atoms with Gasteiger partial charge in [0.1, 0.15) is 6.29 Å². The second-order valence-electron chi connectivity index (χ2n) is 7.03. The zero-order valence-electron chi connectivity index (χ0n) is 15.1. The van der Waals surface area contributed by atoms with Gasteiger partial charge in [-0.2, -0.15) is 18.3 Å². The number of anilines is 1. The Labute approximate surface area is 155 Å². The molecule has 1 aliphatic rings. The number of nitrogens with two attached hydrogens (primary N) is 1. The van der Waals surface area contributed by atoms with Crippen LogP contribution in [0.2, 0.25) is 0 Å². The van der Waals surface area contributed by atoms with Crippen molar-refractivity contribution in [3.63, 3.8) is 0 Å². The van der Waals surface area contributed by atoms with Gasteiger partial charge in [-0.25, -0.2) is 0 Å². The lowest BCUT2D eigenvalue weighted by Crippen LogP contribution is -2.44. The van der Waals surface area contributed by atoms with Crippen molar-refractivity contribution in [3.8, 4) is 0 Å². The minimum Gasteiger partial charge on any atom is -0.399 e. The number of hydrogen-bond acceptors (Lipinski definition) is 4. The van der Waals surface area contributed by atoms with E-state index in [2.05, 4.69) is 11.2 Å². The van der Waals surface area contributed by atoms with E-state index in [0.29, 0.717) is 24.7 Å². The Morgan fingerprint density at radius 1 is 1.30 bits per heavy atom. The van der Waals surface area contributed by atoms with E-state index in [1.165, 1.54) is 10.2 Å². The summed E-state index contributed by atoms with van der Waals surface area (Å²) in [4.78, 5) is 13.6. The molecule has 0 bridgehead atoms. The molecule has 27 heavy (non-hydrogen) atoms. The lowest BCUT2D eigenvalue weighted by Gasteiger charge is -2.35. The molecule has 2 heterocycles. The molecule has 1 aromatic carbocycles. The van der Waals surface area contributed by atoms with Gasteiger partial charge >= 0.3 is 6.18 Å². The summed E-state index contributed by atoms with van der Waals surface area (Å²) in [7, 11) is 0. The van der Waals surface area contributed by atoms with Gasteiger partial charge < -0.3 is 10.5 Å². The molecule has 0 spiro atoms. The van der Waals surface area contributed by atoms with Crippen LogP contribution in [0.1, 0.15) is 35.7 Å². The maximum Gasteiger partial charge on any atom is 0.435 e. The minimum atomic E-state index is -4.48. The van der Waals surface area contributed by atoms with Crippen molar-refractivity contribution in [2.75, 3.05) is 18.8 Å². The first-order chi connectivity index (χ1) is 12.8. The molecule has 5 nitrogen and oxygen atoms in total. The number of carbonyl (C=O) groups excluding carboxylic acids is 1. The van der Waals surface area contributed by atoms with Crippen molar-refractivity contribution in [1.29, 1.82) is 0 Å². The fourth-order valence-electron chi connectivity index (χ4n) is 3.63. The Hall–Kier alpha value is -2.35. The molecule has 0 radical (unpaired) electrons. The van der Waals surface area contributed by atoms with Crippen LogP contribution in [-0.4, -0.2) is 40.1 Å². The topological polar surface area (TPSA) is 64.2 Å². The van der Waals surface area contributed by atoms with E-state index in [1.54, 1.807) is 6.92 Å². The molecule has 0 amide bonds. The zero-order chi connectivity index (χ0) is 19.6. The monoisotopic (exact) mass is 380 g/mol. The highest BCUT2D eigenvalue weighted by Gasteiger charge is 2.35. The maximum absolute atomic E-state index is 12.8. The molecule has 0 aliphatic carbocycles. The van der Waals surface area contributed by atoms with Crippen LogP contribution in [0, 0.1) is 6.92 Å². The van der Waals surface area contributed by atoms with Crippen LogP contribution in [0.25, 0.3) is 0 Å². The number of alkyl halides is 3. The van der Waals surface area contributed by atoms with E-state index in [-0.39, 0.29) is 6.54 Å². The first kappa shape index (κ1) is 19.4. The third-order valence-electron chi connectivity index (χ3n) is 5.17. The van der Waals surface area contributed by atoms with Crippen molar-refractivity contribution >= 4 is 12.0 Å². The zero-order valence-corrected chi connectivity index (χ0v) is 15.1. The number of benzene rings is 1. The van der Waals surface area contributed by atoms with Crippen LogP contribution < -0.4 is 5.73 Å². The first-order valence-corrected chi connectivity index (χ1v) is 8.94. The normalized spacial score (nSPS) is 17.8. The lowest BCUT2D eigenvalue weighted by atomic mass is 9.88. The molecular weight excluding hydrogens is 357 g/mol. The fraction of sp³-hybridized carbons (Fsp3) is 0.474. The van der Waals surface area contributed by atoms with Gasteiger partial charge in [-0.15, -0.1) is 0 Å². The molecule has 3 rings (SSSR count). The molecule has 2 aromatic rings. The number of aromatic nitrogens is 2. The summed E-state index contributed by atoms with van der Waals surface area (Å²) in [5.74, 6) is 0.375. The molecule has 1 saturated heterocycles. The van der Waals surface area contributed by atoms with Crippen molar-refractivity contribution in [1.82, 2.24) is 14.7 Å². The van der Waals surface area contributed by atoms with Crippen LogP contribution in [-0.2, 0) is 17.5 Å². The van der Waals surface area contributed by atoms with Gasteiger partial charge in [0.05, 0.1) is 12.6 Å². The molecule has 146 valence electrons. The Bertz CT molecular complexity index is 794.